The Morgan fingerprint density at radius 3 is 2.33 bits per heavy atom. The predicted octanol–water partition coefficient (Wildman–Crippen LogP) is 2.70. The summed E-state index contributed by atoms with van der Waals surface area (Å²) < 4.78 is 32.4. The molecule has 0 fully saturated rings. The fourth-order valence-electron chi connectivity index (χ4n) is 1.87. The molecule has 112 valence electrons. The summed E-state index contributed by atoms with van der Waals surface area (Å²) in [5, 5.41) is 0. The first-order chi connectivity index (χ1) is 9.83. The molecule has 2 aromatic rings. The van der Waals surface area contributed by atoms with Gasteiger partial charge in [0.15, 0.2) is 0 Å². The fourth-order valence-corrected chi connectivity index (χ4v) is 3.03. The van der Waals surface area contributed by atoms with E-state index in [-0.39, 0.29) is 4.90 Å². The lowest BCUT2D eigenvalue weighted by molar-refractivity contribution is 0.414. The van der Waals surface area contributed by atoms with Gasteiger partial charge in [-0.05, 0) is 55.3 Å². The van der Waals surface area contributed by atoms with E-state index in [2.05, 4.69) is 4.72 Å². The monoisotopic (exact) mass is 306 g/mol. The highest BCUT2D eigenvalue weighted by Crippen LogP contribution is 2.25. The quantitative estimate of drug-likeness (QED) is 0.851. The Bertz CT molecular complexity index is 770. The summed E-state index contributed by atoms with van der Waals surface area (Å²) >= 11 is 0. The summed E-state index contributed by atoms with van der Waals surface area (Å²) in [5.41, 5.74) is 8.35. The van der Waals surface area contributed by atoms with Gasteiger partial charge < -0.3 is 10.5 Å². The van der Waals surface area contributed by atoms with Gasteiger partial charge in [0, 0.05) is 5.69 Å². The summed E-state index contributed by atoms with van der Waals surface area (Å²) in [5.74, 6) is 0.676. The first-order valence-electron chi connectivity index (χ1n) is 6.37. The SMILES string of the molecule is COc1ccc(NS(=O)(=O)c2ccc(C)c(N)c2)c(C)c1. The maximum Gasteiger partial charge on any atom is 0.261 e. The molecule has 0 aliphatic heterocycles. The van der Waals surface area contributed by atoms with E-state index in [1.165, 1.54) is 12.1 Å². The van der Waals surface area contributed by atoms with Crippen molar-refractivity contribution in [1.82, 2.24) is 0 Å². The van der Waals surface area contributed by atoms with Gasteiger partial charge >= 0.3 is 0 Å². The molecule has 2 rings (SSSR count). The third-order valence-corrected chi connectivity index (χ3v) is 4.60. The first kappa shape index (κ1) is 15.2. The Morgan fingerprint density at radius 1 is 1.05 bits per heavy atom. The van der Waals surface area contributed by atoms with Gasteiger partial charge in [-0.15, -0.1) is 0 Å². The molecule has 0 saturated heterocycles. The number of nitrogens with one attached hydrogen (secondary N) is 1. The van der Waals surface area contributed by atoms with Crippen molar-refractivity contribution in [2.75, 3.05) is 17.6 Å². The van der Waals surface area contributed by atoms with Crippen LogP contribution in [0.5, 0.6) is 5.75 Å². The highest BCUT2D eigenvalue weighted by atomic mass is 32.2. The summed E-state index contributed by atoms with van der Waals surface area (Å²) in [4.78, 5) is 0.140. The Hall–Kier alpha value is -2.21. The van der Waals surface area contributed by atoms with Crippen molar-refractivity contribution in [3.63, 3.8) is 0 Å². The zero-order valence-electron chi connectivity index (χ0n) is 12.2. The predicted molar refractivity (Wildman–Crippen MR) is 84.1 cm³/mol. The largest absolute Gasteiger partial charge is 0.497 e. The molecule has 0 atom stereocenters. The molecule has 0 radical (unpaired) electrons. The molecule has 0 unspecified atom stereocenters. The zero-order chi connectivity index (χ0) is 15.6. The normalized spacial score (nSPS) is 11.2. The van der Waals surface area contributed by atoms with E-state index in [0.29, 0.717) is 17.1 Å². The van der Waals surface area contributed by atoms with Crippen LogP contribution in [0.4, 0.5) is 11.4 Å². The van der Waals surface area contributed by atoms with Crippen LogP contribution in [0, 0.1) is 13.8 Å². The Labute approximate surface area is 124 Å². The Kier molecular flexibility index (Phi) is 4.09. The number of methoxy groups -OCH3 is 1. The molecule has 0 aromatic heterocycles. The highest BCUT2D eigenvalue weighted by molar-refractivity contribution is 7.92. The van der Waals surface area contributed by atoms with E-state index >= 15 is 0 Å². The summed E-state index contributed by atoms with van der Waals surface area (Å²) in [6.45, 7) is 3.64. The lowest BCUT2D eigenvalue weighted by atomic mass is 10.2. The number of ether oxygens (including phenoxy) is 1. The van der Waals surface area contributed by atoms with E-state index in [0.717, 1.165) is 11.1 Å². The van der Waals surface area contributed by atoms with Crippen LogP contribution < -0.4 is 15.2 Å². The van der Waals surface area contributed by atoms with Crippen LogP contribution in [0.2, 0.25) is 0 Å². The number of anilines is 2. The van der Waals surface area contributed by atoms with Crippen molar-refractivity contribution in [3.05, 3.63) is 47.5 Å². The second-order valence-corrected chi connectivity index (χ2v) is 6.49. The molecule has 6 heteroatoms. The zero-order valence-corrected chi connectivity index (χ0v) is 13.0. The first-order valence-corrected chi connectivity index (χ1v) is 7.85. The standard InChI is InChI=1S/C15H18N2O3S/c1-10-4-6-13(9-14(10)16)21(18,19)17-15-7-5-12(20-3)8-11(15)2/h4-9,17H,16H2,1-3H3. The molecule has 0 saturated carbocycles. The fraction of sp³-hybridized carbons (Fsp3) is 0.200. The van der Waals surface area contributed by atoms with Gasteiger partial charge in [0.1, 0.15) is 5.75 Å². The molecular weight excluding hydrogens is 288 g/mol. The van der Waals surface area contributed by atoms with Gasteiger partial charge in [-0.2, -0.15) is 0 Å². The molecule has 3 N–H and O–H groups in total. The Morgan fingerprint density at radius 2 is 1.76 bits per heavy atom. The number of sulfonamides is 1. The average Bonchev–Trinajstić information content (AvgIpc) is 2.43. The summed E-state index contributed by atoms with van der Waals surface area (Å²) in [6.07, 6.45) is 0. The van der Waals surface area contributed by atoms with Crippen LogP contribution in [0.25, 0.3) is 0 Å². The van der Waals surface area contributed by atoms with E-state index in [9.17, 15) is 8.42 Å². The topological polar surface area (TPSA) is 81.4 Å². The molecule has 0 aliphatic rings. The lowest BCUT2D eigenvalue weighted by Gasteiger charge is -2.12. The van der Waals surface area contributed by atoms with E-state index < -0.39 is 10.0 Å². The van der Waals surface area contributed by atoms with Crippen molar-refractivity contribution >= 4 is 21.4 Å². The maximum atomic E-state index is 12.4. The van der Waals surface area contributed by atoms with Crippen molar-refractivity contribution in [2.24, 2.45) is 0 Å². The third-order valence-electron chi connectivity index (χ3n) is 3.24. The van der Waals surface area contributed by atoms with Crippen LogP contribution >= 0.6 is 0 Å². The van der Waals surface area contributed by atoms with Crippen LogP contribution in [-0.4, -0.2) is 15.5 Å². The lowest BCUT2D eigenvalue weighted by Crippen LogP contribution is -2.14. The van der Waals surface area contributed by atoms with Crippen LogP contribution in [0.1, 0.15) is 11.1 Å². The number of benzene rings is 2. The molecule has 0 aliphatic carbocycles. The van der Waals surface area contributed by atoms with Gasteiger partial charge in [0.05, 0.1) is 17.7 Å². The maximum absolute atomic E-state index is 12.4. The second kappa shape index (κ2) is 5.65. The molecule has 5 nitrogen and oxygen atoms in total. The number of rotatable bonds is 4. The molecule has 0 spiro atoms. The summed E-state index contributed by atoms with van der Waals surface area (Å²) in [6, 6.07) is 9.81. The van der Waals surface area contributed by atoms with Crippen LogP contribution in [-0.2, 0) is 10.0 Å². The van der Waals surface area contributed by atoms with Gasteiger partial charge in [-0.1, -0.05) is 6.07 Å². The van der Waals surface area contributed by atoms with Crippen molar-refractivity contribution in [1.29, 1.82) is 0 Å². The number of nitrogens with two attached hydrogens (primary N) is 1. The van der Waals surface area contributed by atoms with Gasteiger partial charge in [-0.3, -0.25) is 4.72 Å². The van der Waals surface area contributed by atoms with E-state index in [1.807, 2.05) is 13.8 Å². The minimum atomic E-state index is -3.67. The number of aryl methyl sites for hydroxylation is 2. The Balaban J connectivity index is 2.35. The minimum absolute atomic E-state index is 0.140. The van der Waals surface area contributed by atoms with E-state index in [4.69, 9.17) is 10.5 Å². The smallest absolute Gasteiger partial charge is 0.261 e. The molecule has 0 heterocycles. The summed E-state index contributed by atoms with van der Waals surface area (Å²) in [7, 11) is -2.10. The molecule has 2 aromatic carbocycles. The highest BCUT2D eigenvalue weighted by Gasteiger charge is 2.16. The molecular formula is C15H18N2O3S. The van der Waals surface area contributed by atoms with Crippen molar-refractivity contribution in [3.8, 4) is 5.75 Å². The van der Waals surface area contributed by atoms with Gasteiger partial charge in [-0.25, -0.2) is 8.42 Å². The average molecular weight is 306 g/mol. The van der Waals surface area contributed by atoms with Crippen molar-refractivity contribution < 1.29 is 13.2 Å². The van der Waals surface area contributed by atoms with E-state index in [1.54, 1.807) is 31.4 Å². The van der Waals surface area contributed by atoms with Crippen LogP contribution in [0.15, 0.2) is 41.3 Å². The van der Waals surface area contributed by atoms with Crippen molar-refractivity contribution in [2.45, 2.75) is 18.7 Å². The molecule has 0 bridgehead atoms. The number of hydrogen-bond acceptors (Lipinski definition) is 4. The van der Waals surface area contributed by atoms with Crippen LogP contribution in [0.3, 0.4) is 0 Å². The third kappa shape index (κ3) is 3.28. The molecule has 21 heavy (non-hydrogen) atoms. The second-order valence-electron chi connectivity index (χ2n) is 4.80. The van der Waals surface area contributed by atoms with Gasteiger partial charge in [0.25, 0.3) is 10.0 Å². The minimum Gasteiger partial charge on any atom is -0.497 e. The molecule has 0 amide bonds. The number of hydrogen-bond donors (Lipinski definition) is 2. The van der Waals surface area contributed by atoms with Gasteiger partial charge in [0.2, 0.25) is 0 Å². The number of nitrogen functional groups attached to an aromatic ring is 1.